The van der Waals surface area contributed by atoms with E-state index in [1.807, 2.05) is 0 Å². The highest BCUT2D eigenvalue weighted by atomic mass is 16.3. The third-order valence-corrected chi connectivity index (χ3v) is 1.76. The molecule has 0 bridgehead atoms. The minimum atomic E-state index is -0.763. The molecule has 0 aliphatic rings. The molecule has 0 amide bonds. The average Bonchev–Trinajstić information content (AvgIpc) is 2.01. The molecule has 1 aromatic heterocycles. The molecule has 0 spiro atoms. The quantitative estimate of drug-likeness (QED) is 0.496. The third kappa shape index (κ3) is 2.30. The number of aromatic hydroxyl groups is 1. The van der Waals surface area contributed by atoms with Gasteiger partial charge in [0.25, 0.3) is 5.56 Å². The molecule has 5 N–H and O–H groups in total. The number of hydrogen-bond donors (Lipinski definition) is 4. The Bertz CT molecular complexity index is 345. The number of aliphatic hydroxyl groups is 1. The second-order valence-corrected chi connectivity index (χ2v) is 2.93. The smallest absolute Gasteiger partial charge is 0.251 e. The molecule has 72 valence electrons. The van der Waals surface area contributed by atoms with E-state index in [2.05, 4.69) is 4.98 Å². The van der Waals surface area contributed by atoms with Crippen molar-refractivity contribution in [3.05, 3.63) is 28.0 Å². The lowest BCUT2D eigenvalue weighted by Crippen LogP contribution is -2.24. The van der Waals surface area contributed by atoms with Gasteiger partial charge in [0.15, 0.2) is 5.88 Å². The van der Waals surface area contributed by atoms with Crippen molar-refractivity contribution in [3.63, 3.8) is 0 Å². The van der Waals surface area contributed by atoms with Gasteiger partial charge in [-0.2, -0.15) is 0 Å². The van der Waals surface area contributed by atoms with Crippen molar-refractivity contribution in [2.45, 2.75) is 19.1 Å². The molecular formula is C8H12N2O3. The predicted octanol–water partition coefficient (Wildman–Crippen LogP) is -0.539. The molecule has 2 atom stereocenters. The fraction of sp³-hybridized carbons (Fsp3) is 0.375. The Labute approximate surface area is 74.8 Å². The minimum Gasteiger partial charge on any atom is -0.495 e. The van der Waals surface area contributed by atoms with Gasteiger partial charge >= 0.3 is 0 Å². The summed E-state index contributed by atoms with van der Waals surface area (Å²) >= 11 is 0. The molecular weight excluding hydrogens is 172 g/mol. The van der Waals surface area contributed by atoms with Gasteiger partial charge in [0.1, 0.15) is 0 Å². The summed E-state index contributed by atoms with van der Waals surface area (Å²) in [6.07, 6.45) is -0.763. The van der Waals surface area contributed by atoms with Gasteiger partial charge in [-0.1, -0.05) is 0 Å². The standard InChI is InChI=1S/C8H12N2O3/c1-4(11)8(9)5-2-6(12)10-7(13)3-5/h2-4,8,11H,9H2,1H3,(H2,10,12,13)/t4?,8-/m0/s1. The monoisotopic (exact) mass is 184 g/mol. The van der Waals surface area contributed by atoms with Crippen LogP contribution in [0, 0.1) is 0 Å². The van der Waals surface area contributed by atoms with Crippen molar-refractivity contribution in [2.24, 2.45) is 5.73 Å². The van der Waals surface area contributed by atoms with Crippen LogP contribution in [0.15, 0.2) is 16.9 Å². The predicted molar refractivity (Wildman–Crippen MR) is 47.3 cm³/mol. The van der Waals surface area contributed by atoms with E-state index in [0.29, 0.717) is 5.56 Å². The average molecular weight is 184 g/mol. The van der Waals surface area contributed by atoms with Crippen LogP contribution in [0.1, 0.15) is 18.5 Å². The largest absolute Gasteiger partial charge is 0.495 e. The van der Waals surface area contributed by atoms with Crippen LogP contribution in [0.3, 0.4) is 0 Å². The van der Waals surface area contributed by atoms with Crippen LogP contribution in [0.25, 0.3) is 0 Å². The molecule has 1 rings (SSSR count). The second kappa shape index (κ2) is 3.59. The van der Waals surface area contributed by atoms with E-state index in [-0.39, 0.29) is 5.88 Å². The Morgan fingerprint density at radius 1 is 1.54 bits per heavy atom. The van der Waals surface area contributed by atoms with Crippen molar-refractivity contribution in [3.8, 4) is 5.88 Å². The van der Waals surface area contributed by atoms with Crippen LogP contribution in [0.5, 0.6) is 5.88 Å². The zero-order chi connectivity index (χ0) is 10.0. The lowest BCUT2D eigenvalue weighted by molar-refractivity contribution is 0.164. The van der Waals surface area contributed by atoms with Gasteiger partial charge in [0, 0.05) is 12.1 Å². The maximum absolute atomic E-state index is 10.9. The summed E-state index contributed by atoms with van der Waals surface area (Å²) in [6, 6.07) is 1.91. The van der Waals surface area contributed by atoms with E-state index in [1.54, 1.807) is 0 Å². The van der Waals surface area contributed by atoms with Crippen LogP contribution >= 0.6 is 0 Å². The first-order chi connectivity index (χ1) is 6.00. The first-order valence-corrected chi connectivity index (χ1v) is 3.87. The molecule has 5 heteroatoms. The maximum Gasteiger partial charge on any atom is 0.251 e. The number of nitrogens with one attached hydrogen (secondary N) is 1. The zero-order valence-corrected chi connectivity index (χ0v) is 7.19. The third-order valence-electron chi connectivity index (χ3n) is 1.76. The number of aromatic nitrogens is 1. The summed E-state index contributed by atoms with van der Waals surface area (Å²) in [6.45, 7) is 1.52. The number of aliphatic hydroxyl groups excluding tert-OH is 1. The van der Waals surface area contributed by atoms with E-state index < -0.39 is 17.7 Å². The summed E-state index contributed by atoms with van der Waals surface area (Å²) in [5.74, 6) is -0.251. The van der Waals surface area contributed by atoms with Crippen molar-refractivity contribution in [1.29, 1.82) is 0 Å². The minimum absolute atomic E-state index is 0.251. The zero-order valence-electron chi connectivity index (χ0n) is 7.19. The highest BCUT2D eigenvalue weighted by Gasteiger charge is 2.13. The number of nitrogens with two attached hydrogens (primary N) is 1. The molecule has 1 heterocycles. The number of hydrogen-bond acceptors (Lipinski definition) is 4. The van der Waals surface area contributed by atoms with Crippen molar-refractivity contribution >= 4 is 0 Å². The molecule has 0 aliphatic heterocycles. The summed E-state index contributed by atoms with van der Waals surface area (Å²) in [4.78, 5) is 13.1. The molecule has 5 nitrogen and oxygen atoms in total. The van der Waals surface area contributed by atoms with Gasteiger partial charge < -0.3 is 15.9 Å². The first-order valence-electron chi connectivity index (χ1n) is 3.87. The molecule has 0 radical (unpaired) electrons. The van der Waals surface area contributed by atoms with Gasteiger partial charge in [-0.05, 0) is 12.5 Å². The van der Waals surface area contributed by atoms with E-state index in [0.717, 1.165) is 0 Å². The van der Waals surface area contributed by atoms with E-state index in [1.165, 1.54) is 19.1 Å². The summed E-state index contributed by atoms with van der Waals surface area (Å²) in [7, 11) is 0. The topological polar surface area (TPSA) is 99.3 Å². The summed E-state index contributed by atoms with van der Waals surface area (Å²) in [5.41, 5.74) is 5.54. The van der Waals surface area contributed by atoms with Crippen LogP contribution in [-0.4, -0.2) is 21.3 Å². The lowest BCUT2D eigenvalue weighted by atomic mass is 10.1. The van der Waals surface area contributed by atoms with Gasteiger partial charge in [0.05, 0.1) is 12.1 Å². The van der Waals surface area contributed by atoms with Crippen LogP contribution < -0.4 is 11.3 Å². The molecule has 0 saturated carbocycles. The van der Waals surface area contributed by atoms with Gasteiger partial charge in [0.2, 0.25) is 0 Å². The van der Waals surface area contributed by atoms with Crippen LogP contribution in [-0.2, 0) is 0 Å². The molecule has 0 saturated heterocycles. The molecule has 0 fully saturated rings. The second-order valence-electron chi connectivity index (χ2n) is 2.93. The highest BCUT2D eigenvalue weighted by Crippen LogP contribution is 2.14. The van der Waals surface area contributed by atoms with Crippen molar-refractivity contribution in [1.82, 2.24) is 4.98 Å². The van der Waals surface area contributed by atoms with Crippen molar-refractivity contribution in [2.75, 3.05) is 0 Å². The van der Waals surface area contributed by atoms with Crippen molar-refractivity contribution < 1.29 is 10.2 Å². The van der Waals surface area contributed by atoms with Crippen LogP contribution in [0.4, 0.5) is 0 Å². The number of rotatable bonds is 2. The Morgan fingerprint density at radius 3 is 2.62 bits per heavy atom. The van der Waals surface area contributed by atoms with Gasteiger partial charge in [-0.25, -0.2) is 0 Å². The fourth-order valence-electron chi connectivity index (χ4n) is 1.02. The van der Waals surface area contributed by atoms with Gasteiger partial charge in [-0.15, -0.1) is 0 Å². The SMILES string of the molecule is CC(O)[C@H](N)c1cc(O)[nH]c(=O)c1. The summed E-state index contributed by atoms with van der Waals surface area (Å²) < 4.78 is 0. The maximum atomic E-state index is 10.9. The van der Waals surface area contributed by atoms with Crippen LogP contribution in [0.2, 0.25) is 0 Å². The normalized spacial score (nSPS) is 15.3. The van der Waals surface area contributed by atoms with E-state index in [9.17, 15) is 4.79 Å². The lowest BCUT2D eigenvalue weighted by Gasteiger charge is -2.14. The molecule has 0 aromatic carbocycles. The molecule has 1 unspecified atom stereocenters. The fourth-order valence-corrected chi connectivity index (χ4v) is 1.02. The summed E-state index contributed by atoms with van der Waals surface area (Å²) in [5, 5.41) is 18.2. The molecule has 0 aliphatic carbocycles. The van der Waals surface area contributed by atoms with Gasteiger partial charge in [-0.3, -0.25) is 9.78 Å². The number of pyridine rings is 1. The highest BCUT2D eigenvalue weighted by molar-refractivity contribution is 5.23. The van der Waals surface area contributed by atoms with E-state index in [4.69, 9.17) is 15.9 Å². The Kier molecular flexibility index (Phi) is 2.69. The molecule has 1 aromatic rings. The Hall–Kier alpha value is -1.33. The number of H-pyrrole nitrogens is 1. The Morgan fingerprint density at radius 2 is 2.15 bits per heavy atom. The Balaban J connectivity index is 3.08. The first kappa shape index (κ1) is 9.76. The molecule has 13 heavy (non-hydrogen) atoms. The number of aromatic amines is 1. The van der Waals surface area contributed by atoms with E-state index >= 15 is 0 Å².